The van der Waals surface area contributed by atoms with E-state index in [-0.39, 0.29) is 0 Å². The largest absolute Gasteiger partial charge is 0.0891 e. The van der Waals surface area contributed by atoms with Gasteiger partial charge in [0.25, 0.3) is 0 Å². The Kier molecular flexibility index (Phi) is 5.38. The smallest absolute Gasteiger partial charge is 0.0148 e. The van der Waals surface area contributed by atoms with Crippen LogP contribution in [-0.2, 0) is 0 Å². The molecule has 0 heterocycles. The third kappa shape index (κ3) is 5.05. The Bertz CT molecular complexity index is 131. The zero-order chi connectivity index (χ0) is 9.68. The molecule has 1 fully saturated rings. The highest BCUT2D eigenvalue weighted by Gasteiger charge is 2.17. The average molecular weight is 247 g/mol. The van der Waals surface area contributed by atoms with Gasteiger partial charge in [0.15, 0.2) is 0 Å². The van der Waals surface area contributed by atoms with E-state index in [1.54, 1.807) is 0 Å². The van der Waals surface area contributed by atoms with Crippen LogP contribution in [0.4, 0.5) is 0 Å². The highest BCUT2D eigenvalue weighted by atomic mass is 79.9. The van der Waals surface area contributed by atoms with Gasteiger partial charge in [-0.15, -0.1) is 0 Å². The Morgan fingerprint density at radius 2 is 1.92 bits per heavy atom. The monoisotopic (exact) mass is 246 g/mol. The zero-order valence-corrected chi connectivity index (χ0v) is 10.6. The molecule has 0 spiro atoms. The van der Waals surface area contributed by atoms with Gasteiger partial charge in [0.2, 0.25) is 0 Å². The van der Waals surface area contributed by atoms with E-state index in [1.165, 1.54) is 44.9 Å². The van der Waals surface area contributed by atoms with Gasteiger partial charge >= 0.3 is 0 Å². The van der Waals surface area contributed by atoms with E-state index < -0.39 is 0 Å². The number of alkyl halides is 1. The molecule has 2 atom stereocenters. The summed E-state index contributed by atoms with van der Waals surface area (Å²) < 4.78 is 0. The van der Waals surface area contributed by atoms with Gasteiger partial charge in [-0.05, 0) is 24.7 Å². The molecule has 0 amide bonds. The first-order valence-corrected chi connectivity index (χ1v) is 6.74. The fourth-order valence-electron chi connectivity index (χ4n) is 2.23. The second-order valence-electron chi connectivity index (χ2n) is 4.95. The van der Waals surface area contributed by atoms with Gasteiger partial charge in [0.05, 0.1) is 0 Å². The lowest BCUT2D eigenvalue weighted by molar-refractivity contribution is 0.388. The van der Waals surface area contributed by atoms with Gasteiger partial charge in [0.1, 0.15) is 0 Å². The van der Waals surface area contributed by atoms with Crippen LogP contribution in [0.2, 0.25) is 0 Å². The van der Waals surface area contributed by atoms with E-state index in [9.17, 15) is 0 Å². The van der Waals surface area contributed by atoms with Crippen LogP contribution in [0, 0.1) is 11.8 Å². The Morgan fingerprint density at radius 1 is 1.23 bits per heavy atom. The van der Waals surface area contributed by atoms with Crippen LogP contribution in [0.15, 0.2) is 0 Å². The third-order valence-electron chi connectivity index (χ3n) is 3.12. The molecule has 0 bridgehead atoms. The normalized spacial score (nSPS) is 30.5. The summed E-state index contributed by atoms with van der Waals surface area (Å²) in [6.45, 7) is 4.67. The molecule has 1 rings (SSSR count). The summed E-state index contributed by atoms with van der Waals surface area (Å²) in [7, 11) is 0. The van der Waals surface area contributed by atoms with E-state index in [0.29, 0.717) is 0 Å². The average Bonchev–Trinajstić information content (AvgIpc) is 2.26. The van der Waals surface area contributed by atoms with E-state index in [4.69, 9.17) is 0 Å². The van der Waals surface area contributed by atoms with Crippen molar-refractivity contribution in [3.8, 4) is 0 Å². The van der Waals surface area contributed by atoms with Gasteiger partial charge in [0, 0.05) is 4.83 Å². The Morgan fingerprint density at radius 3 is 2.62 bits per heavy atom. The van der Waals surface area contributed by atoms with Crippen LogP contribution in [0.25, 0.3) is 0 Å². The Hall–Kier alpha value is 0.480. The quantitative estimate of drug-likeness (QED) is 0.498. The summed E-state index contributed by atoms with van der Waals surface area (Å²) in [6.07, 6.45) is 10.1. The summed E-state index contributed by atoms with van der Waals surface area (Å²) in [5.74, 6) is 1.89. The first kappa shape index (κ1) is 11.6. The fourth-order valence-corrected chi connectivity index (χ4v) is 3.08. The minimum absolute atomic E-state index is 0.812. The van der Waals surface area contributed by atoms with E-state index in [2.05, 4.69) is 29.8 Å². The third-order valence-corrected chi connectivity index (χ3v) is 3.95. The fraction of sp³-hybridized carbons (Fsp3) is 1.00. The second kappa shape index (κ2) is 6.06. The van der Waals surface area contributed by atoms with Gasteiger partial charge in [-0.25, -0.2) is 0 Å². The van der Waals surface area contributed by atoms with Crippen LogP contribution in [0.5, 0.6) is 0 Å². The predicted molar refractivity (Wildman–Crippen MR) is 63.4 cm³/mol. The molecule has 78 valence electrons. The van der Waals surface area contributed by atoms with Crippen molar-refractivity contribution in [3.05, 3.63) is 0 Å². The lowest BCUT2D eigenvalue weighted by Crippen LogP contribution is -2.06. The molecule has 13 heavy (non-hydrogen) atoms. The Balaban J connectivity index is 2.22. The lowest BCUT2D eigenvalue weighted by Gasteiger charge is -2.17. The lowest BCUT2D eigenvalue weighted by atomic mass is 9.92. The first-order chi connectivity index (χ1) is 6.18. The van der Waals surface area contributed by atoms with Crippen molar-refractivity contribution >= 4 is 15.9 Å². The van der Waals surface area contributed by atoms with Gasteiger partial charge in [-0.2, -0.15) is 0 Å². The van der Waals surface area contributed by atoms with E-state index in [1.807, 2.05) is 0 Å². The van der Waals surface area contributed by atoms with Crippen molar-refractivity contribution in [3.63, 3.8) is 0 Å². The molecule has 1 aliphatic carbocycles. The van der Waals surface area contributed by atoms with Gasteiger partial charge < -0.3 is 0 Å². The van der Waals surface area contributed by atoms with Crippen molar-refractivity contribution in [2.24, 2.45) is 11.8 Å². The molecule has 0 nitrogen and oxygen atoms in total. The van der Waals surface area contributed by atoms with Crippen molar-refractivity contribution in [2.45, 2.75) is 63.6 Å². The maximum Gasteiger partial charge on any atom is 0.0148 e. The maximum atomic E-state index is 3.79. The minimum atomic E-state index is 0.812. The second-order valence-corrected chi connectivity index (χ2v) is 6.25. The molecular weight excluding hydrogens is 224 g/mol. The highest BCUT2D eigenvalue weighted by molar-refractivity contribution is 9.09. The number of halogens is 1. The topological polar surface area (TPSA) is 0 Å². The number of hydrogen-bond acceptors (Lipinski definition) is 0. The van der Waals surface area contributed by atoms with Crippen molar-refractivity contribution in [2.75, 3.05) is 0 Å². The van der Waals surface area contributed by atoms with Crippen LogP contribution in [-0.4, -0.2) is 4.83 Å². The highest BCUT2D eigenvalue weighted by Crippen LogP contribution is 2.31. The molecule has 0 aromatic heterocycles. The minimum Gasteiger partial charge on any atom is -0.0891 e. The van der Waals surface area contributed by atoms with E-state index in [0.717, 1.165) is 16.7 Å². The van der Waals surface area contributed by atoms with Crippen LogP contribution >= 0.6 is 15.9 Å². The molecule has 0 aromatic rings. The molecule has 1 heteroatoms. The Labute approximate surface area is 91.6 Å². The van der Waals surface area contributed by atoms with Crippen LogP contribution < -0.4 is 0 Å². The molecule has 0 saturated heterocycles. The predicted octanol–water partition coefficient (Wildman–Crippen LogP) is 4.77. The number of hydrogen-bond donors (Lipinski definition) is 0. The van der Waals surface area contributed by atoms with Crippen molar-refractivity contribution < 1.29 is 0 Å². The summed E-state index contributed by atoms with van der Waals surface area (Å²) in [4.78, 5) is 0.812. The maximum absolute atomic E-state index is 3.79. The molecule has 1 saturated carbocycles. The van der Waals surface area contributed by atoms with Crippen molar-refractivity contribution in [1.29, 1.82) is 0 Å². The summed E-state index contributed by atoms with van der Waals surface area (Å²) in [5.41, 5.74) is 0. The molecule has 0 aromatic carbocycles. The molecule has 1 aliphatic rings. The molecule has 2 unspecified atom stereocenters. The van der Waals surface area contributed by atoms with Gasteiger partial charge in [-0.1, -0.05) is 61.9 Å². The summed E-state index contributed by atoms with van der Waals surface area (Å²) in [6, 6.07) is 0. The first-order valence-electron chi connectivity index (χ1n) is 5.82. The zero-order valence-electron chi connectivity index (χ0n) is 9.06. The van der Waals surface area contributed by atoms with Crippen LogP contribution in [0.3, 0.4) is 0 Å². The molecule has 0 N–H and O–H groups in total. The summed E-state index contributed by atoms with van der Waals surface area (Å²) >= 11 is 3.79. The number of rotatable bonds is 3. The SMILES string of the molecule is CC(C)CCC1CCCCC(Br)C1. The van der Waals surface area contributed by atoms with Gasteiger partial charge in [-0.3, -0.25) is 0 Å². The van der Waals surface area contributed by atoms with E-state index >= 15 is 0 Å². The molecular formula is C12H23Br. The molecule has 0 aliphatic heterocycles. The van der Waals surface area contributed by atoms with Crippen molar-refractivity contribution in [1.82, 2.24) is 0 Å². The van der Waals surface area contributed by atoms with Crippen LogP contribution in [0.1, 0.15) is 58.8 Å². The summed E-state index contributed by atoms with van der Waals surface area (Å²) in [5, 5.41) is 0. The molecule has 0 radical (unpaired) electrons. The standard InChI is InChI=1S/C12H23Br/c1-10(2)7-8-11-5-3-4-6-12(13)9-11/h10-12H,3-9H2,1-2H3.